The van der Waals surface area contributed by atoms with Gasteiger partial charge in [0.25, 0.3) is 0 Å². The quantitative estimate of drug-likeness (QED) is 0.102. The summed E-state index contributed by atoms with van der Waals surface area (Å²) in [5, 5.41) is 40.7. The highest BCUT2D eigenvalue weighted by atomic mass is 16.5. The molecule has 1 saturated carbocycles. The Labute approximate surface area is 287 Å². The first-order valence-corrected chi connectivity index (χ1v) is 17.8. The molecule has 2 aliphatic rings. The normalized spacial score (nSPS) is 23.0. The molecule has 1 aliphatic carbocycles. The smallest absolute Gasteiger partial charge is 0.152 e. The van der Waals surface area contributed by atoms with Crippen molar-refractivity contribution in [2.24, 2.45) is 21.6 Å². The number of nitrogens with one attached hydrogen (secondary N) is 1. The number of rotatable bonds is 16. The summed E-state index contributed by atoms with van der Waals surface area (Å²) in [7, 11) is 0. The Kier molecular flexibility index (Phi) is 13.5. The highest BCUT2D eigenvalue weighted by Crippen LogP contribution is 2.35. The SMILES string of the molecule is CCCC1=C(Cc2ccc(-c3ccccc3C(N)=NC(O)C(C)CC)cc2)C(O)N(C2CCC(OCC(C)(O)CC)CC2)C(CC=N)=N1. The number of hydrogen-bond donors (Lipinski definition) is 5. The average molecular weight is 660 g/mol. The predicted molar refractivity (Wildman–Crippen MR) is 195 cm³/mol. The molecule has 262 valence electrons. The van der Waals surface area contributed by atoms with E-state index in [4.69, 9.17) is 20.9 Å². The molecule has 6 N–H and O–H groups in total. The van der Waals surface area contributed by atoms with E-state index in [2.05, 4.69) is 41.1 Å². The topological polar surface area (TPSA) is 148 Å². The minimum Gasteiger partial charge on any atom is -0.388 e. The molecule has 0 saturated heterocycles. The van der Waals surface area contributed by atoms with Crippen LogP contribution < -0.4 is 5.73 Å². The van der Waals surface area contributed by atoms with Crippen LogP contribution >= 0.6 is 0 Å². The first-order valence-electron chi connectivity index (χ1n) is 17.8. The van der Waals surface area contributed by atoms with E-state index in [0.29, 0.717) is 31.7 Å². The minimum absolute atomic E-state index is 0.0109. The fourth-order valence-electron chi connectivity index (χ4n) is 6.46. The molecule has 9 heteroatoms. The van der Waals surface area contributed by atoms with Crippen LogP contribution in [-0.4, -0.2) is 74.9 Å². The number of aliphatic imine (C=N–C) groups is 2. The fourth-order valence-corrected chi connectivity index (χ4v) is 6.46. The summed E-state index contributed by atoms with van der Waals surface area (Å²) in [4.78, 5) is 11.5. The van der Waals surface area contributed by atoms with Crippen LogP contribution in [0.3, 0.4) is 0 Å². The summed E-state index contributed by atoms with van der Waals surface area (Å²) in [6, 6.07) is 16.2. The fraction of sp³-hybridized carbons (Fsp3) is 0.564. The molecule has 2 aromatic carbocycles. The molecule has 9 nitrogen and oxygen atoms in total. The lowest BCUT2D eigenvalue weighted by Crippen LogP contribution is -2.52. The molecule has 0 radical (unpaired) electrons. The molecule has 1 heterocycles. The summed E-state index contributed by atoms with van der Waals surface area (Å²) in [5.74, 6) is 1.08. The Bertz CT molecular complexity index is 1440. The van der Waals surface area contributed by atoms with Crippen LogP contribution in [0.2, 0.25) is 0 Å². The summed E-state index contributed by atoms with van der Waals surface area (Å²) in [6.45, 7) is 10.2. The van der Waals surface area contributed by atoms with Crippen LogP contribution in [0.5, 0.6) is 0 Å². The molecular weight excluding hydrogens is 602 g/mol. The second kappa shape index (κ2) is 17.3. The number of nitrogens with zero attached hydrogens (tertiary/aromatic N) is 3. The maximum Gasteiger partial charge on any atom is 0.152 e. The molecule has 0 aromatic heterocycles. The van der Waals surface area contributed by atoms with Gasteiger partial charge in [-0.3, -0.25) is 0 Å². The zero-order chi connectivity index (χ0) is 34.8. The number of aliphatic hydroxyl groups is 3. The first kappa shape index (κ1) is 37.4. The van der Waals surface area contributed by atoms with Gasteiger partial charge in [-0.15, -0.1) is 0 Å². The molecule has 48 heavy (non-hydrogen) atoms. The molecular formula is C39H57N5O4. The number of hydrogen-bond acceptors (Lipinski definition) is 8. The minimum atomic E-state index is -0.855. The van der Waals surface area contributed by atoms with E-state index >= 15 is 0 Å². The zero-order valence-corrected chi connectivity index (χ0v) is 29.5. The van der Waals surface area contributed by atoms with Crippen LogP contribution in [0.4, 0.5) is 0 Å². The molecule has 1 fully saturated rings. The summed E-state index contributed by atoms with van der Waals surface area (Å²) >= 11 is 0. The van der Waals surface area contributed by atoms with E-state index < -0.39 is 18.1 Å². The van der Waals surface area contributed by atoms with Gasteiger partial charge < -0.3 is 36.1 Å². The number of ether oxygens (including phenoxy) is 1. The Morgan fingerprint density at radius 1 is 1.12 bits per heavy atom. The van der Waals surface area contributed by atoms with Crippen molar-refractivity contribution in [1.29, 1.82) is 5.41 Å². The first-order chi connectivity index (χ1) is 23.0. The zero-order valence-electron chi connectivity index (χ0n) is 29.5. The second-order valence-electron chi connectivity index (χ2n) is 13.8. The van der Waals surface area contributed by atoms with Gasteiger partial charge in [0.15, 0.2) is 6.23 Å². The van der Waals surface area contributed by atoms with Crippen LogP contribution in [0.15, 0.2) is 69.8 Å². The van der Waals surface area contributed by atoms with Crippen molar-refractivity contribution in [2.45, 2.75) is 129 Å². The van der Waals surface area contributed by atoms with E-state index in [1.807, 2.05) is 52.0 Å². The lowest BCUT2D eigenvalue weighted by atomic mass is 9.89. The largest absolute Gasteiger partial charge is 0.388 e. The Morgan fingerprint density at radius 2 is 1.81 bits per heavy atom. The molecule has 0 bridgehead atoms. The highest BCUT2D eigenvalue weighted by Gasteiger charge is 2.37. The van der Waals surface area contributed by atoms with Crippen LogP contribution in [-0.2, 0) is 11.2 Å². The molecule has 4 rings (SSSR count). The Hall–Kier alpha value is -3.37. The Balaban J connectivity index is 1.55. The Morgan fingerprint density at radius 3 is 2.44 bits per heavy atom. The van der Waals surface area contributed by atoms with Gasteiger partial charge >= 0.3 is 0 Å². The third-order valence-electron chi connectivity index (χ3n) is 9.99. The molecule has 0 spiro atoms. The van der Waals surface area contributed by atoms with E-state index in [1.54, 1.807) is 0 Å². The second-order valence-corrected chi connectivity index (χ2v) is 13.8. The van der Waals surface area contributed by atoms with E-state index in [0.717, 1.165) is 84.3 Å². The number of benzene rings is 2. The van der Waals surface area contributed by atoms with Gasteiger partial charge in [0.2, 0.25) is 0 Å². The summed E-state index contributed by atoms with van der Waals surface area (Å²) < 4.78 is 6.09. The van der Waals surface area contributed by atoms with Crippen molar-refractivity contribution >= 4 is 17.9 Å². The van der Waals surface area contributed by atoms with Crippen molar-refractivity contribution in [3.63, 3.8) is 0 Å². The van der Waals surface area contributed by atoms with Gasteiger partial charge in [-0.1, -0.05) is 82.6 Å². The number of allylic oxidation sites excluding steroid dienone is 1. The number of nitrogens with two attached hydrogens (primary N) is 1. The average Bonchev–Trinajstić information content (AvgIpc) is 3.09. The standard InChI is InChI=1S/C39H57N5O4/c1-6-11-34-33(38(46)44(35(42-34)22-23-40)29-18-20-30(21-19-29)48-25-39(5,47)8-3)24-27-14-16-28(17-15-27)31-12-9-10-13-32(31)36(41)43-37(45)26(4)7-2/h9-10,12-17,23,26,29-30,37-38,40,45-47H,6-8,11,18-22,24-25H2,1-5H3,(H2,41,43). The van der Waals surface area contributed by atoms with Crippen molar-refractivity contribution in [2.75, 3.05) is 6.61 Å². The predicted octanol–water partition coefficient (Wildman–Crippen LogP) is 6.58. The van der Waals surface area contributed by atoms with Crippen molar-refractivity contribution in [1.82, 2.24) is 4.90 Å². The van der Waals surface area contributed by atoms with Gasteiger partial charge in [-0.25, -0.2) is 9.98 Å². The van der Waals surface area contributed by atoms with Crippen LogP contribution in [0.1, 0.15) is 104 Å². The van der Waals surface area contributed by atoms with Crippen LogP contribution in [0, 0.1) is 11.3 Å². The maximum atomic E-state index is 12.0. The molecule has 2 aromatic rings. The van der Waals surface area contributed by atoms with Gasteiger partial charge in [0.1, 0.15) is 17.9 Å². The number of amidine groups is 2. The number of aliphatic hydroxyl groups excluding tert-OH is 2. The summed E-state index contributed by atoms with van der Waals surface area (Å²) in [6.07, 6.45) is 7.21. The van der Waals surface area contributed by atoms with E-state index in [-0.39, 0.29) is 18.1 Å². The molecule has 4 unspecified atom stereocenters. The van der Waals surface area contributed by atoms with Gasteiger partial charge in [-0.2, -0.15) is 0 Å². The summed E-state index contributed by atoms with van der Waals surface area (Å²) in [5.41, 5.74) is 11.2. The lowest BCUT2D eigenvalue weighted by Gasteiger charge is -2.44. The van der Waals surface area contributed by atoms with Gasteiger partial charge in [0.05, 0.1) is 18.3 Å². The van der Waals surface area contributed by atoms with Crippen molar-refractivity contribution in [3.8, 4) is 11.1 Å². The van der Waals surface area contributed by atoms with Gasteiger partial charge in [-0.05, 0) is 75.0 Å². The van der Waals surface area contributed by atoms with Crippen molar-refractivity contribution < 1.29 is 20.1 Å². The molecule has 0 amide bonds. The molecule has 1 aliphatic heterocycles. The lowest BCUT2D eigenvalue weighted by molar-refractivity contribution is -0.0798. The molecule has 4 atom stereocenters. The van der Waals surface area contributed by atoms with E-state index in [9.17, 15) is 15.3 Å². The maximum absolute atomic E-state index is 12.0. The van der Waals surface area contributed by atoms with Crippen LogP contribution in [0.25, 0.3) is 11.1 Å². The van der Waals surface area contributed by atoms with Gasteiger partial charge in [0, 0.05) is 41.4 Å². The van der Waals surface area contributed by atoms with Crippen molar-refractivity contribution in [3.05, 3.63) is 70.9 Å². The monoisotopic (exact) mass is 659 g/mol. The van der Waals surface area contributed by atoms with E-state index in [1.165, 1.54) is 6.21 Å². The third-order valence-corrected chi connectivity index (χ3v) is 9.99. The highest BCUT2D eigenvalue weighted by molar-refractivity contribution is 6.03. The third kappa shape index (κ3) is 9.41.